The zero-order valence-electron chi connectivity index (χ0n) is 18.5. The van der Waals surface area contributed by atoms with Gasteiger partial charge in [0.05, 0.1) is 11.3 Å². The van der Waals surface area contributed by atoms with E-state index in [2.05, 4.69) is 15.6 Å². The summed E-state index contributed by atoms with van der Waals surface area (Å²) in [5, 5.41) is 5.60. The first-order chi connectivity index (χ1) is 16.6. The normalized spacial score (nSPS) is 10.3. The highest BCUT2D eigenvalue weighted by molar-refractivity contribution is 6.10. The Morgan fingerprint density at radius 2 is 1.59 bits per heavy atom. The number of pyridine rings is 1. The van der Waals surface area contributed by atoms with Gasteiger partial charge in [0.25, 0.3) is 11.8 Å². The summed E-state index contributed by atoms with van der Waals surface area (Å²) in [4.78, 5) is 29.3. The zero-order chi connectivity index (χ0) is 23.8. The van der Waals surface area contributed by atoms with Crippen LogP contribution in [0.15, 0.2) is 97.2 Å². The number of carbonyl (C=O) groups is 2. The molecule has 34 heavy (non-hydrogen) atoms. The van der Waals surface area contributed by atoms with Gasteiger partial charge in [-0.25, -0.2) is 4.98 Å². The number of carbonyl (C=O) groups excluding carboxylic acids is 2. The molecule has 0 spiro atoms. The Balaban J connectivity index is 1.33. The van der Waals surface area contributed by atoms with E-state index in [-0.39, 0.29) is 18.4 Å². The number of hydrogen-bond donors (Lipinski definition) is 2. The molecule has 0 aliphatic heterocycles. The van der Waals surface area contributed by atoms with Crippen molar-refractivity contribution >= 4 is 23.2 Å². The summed E-state index contributed by atoms with van der Waals surface area (Å²) >= 11 is 0. The molecule has 1 heterocycles. The third kappa shape index (κ3) is 6.20. The first-order valence-corrected chi connectivity index (χ1v) is 10.7. The Morgan fingerprint density at radius 3 is 2.35 bits per heavy atom. The van der Waals surface area contributed by atoms with Gasteiger partial charge >= 0.3 is 0 Å². The highest BCUT2D eigenvalue weighted by atomic mass is 16.5. The van der Waals surface area contributed by atoms with Crippen molar-refractivity contribution in [3.05, 3.63) is 108 Å². The number of hydrogen-bond acceptors (Lipinski definition) is 5. The predicted octanol–water partition coefficient (Wildman–Crippen LogP) is 5.45. The van der Waals surface area contributed by atoms with Crippen molar-refractivity contribution in [1.29, 1.82) is 0 Å². The molecule has 0 aliphatic carbocycles. The number of ether oxygens (including phenoxy) is 2. The SMILES string of the molecule is Cc1cccc(NC(=O)c2ccccc2NC(=O)COc2ccc(Oc3ccccn3)cc2)c1. The molecule has 2 N–H and O–H groups in total. The van der Waals surface area contributed by atoms with Gasteiger partial charge in [0.1, 0.15) is 11.5 Å². The molecule has 4 aromatic rings. The number of aryl methyl sites for hydroxylation is 1. The topological polar surface area (TPSA) is 89.6 Å². The maximum absolute atomic E-state index is 12.8. The monoisotopic (exact) mass is 453 g/mol. The first kappa shape index (κ1) is 22.5. The number of rotatable bonds is 8. The van der Waals surface area contributed by atoms with E-state index in [1.165, 1.54) is 0 Å². The number of nitrogens with zero attached hydrogens (tertiary/aromatic N) is 1. The zero-order valence-corrected chi connectivity index (χ0v) is 18.5. The average molecular weight is 453 g/mol. The minimum atomic E-state index is -0.385. The molecule has 0 unspecified atom stereocenters. The Labute approximate surface area is 197 Å². The summed E-state index contributed by atoms with van der Waals surface area (Å²) in [5.41, 5.74) is 2.48. The summed E-state index contributed by atoms with van der Waals surface area (Å²) in [7, 11) is 0. The van der Waals surface area contributed by atoms with Crippen LogP contribution >= 0.6 is 0 Å². The fourth-order valence-electron chi connectivity index (χ4n) is 3.18. The maximum atomic E-state index is 12.8. The number of amides is 2. The van der Waals surface area contributed by atoms with Crippen LogP contribution in [0.4, 0.5) is 11.4 Å². The maximum Gasteiger partial charge on any atom is 0.262 e. The summed E-state index contributed by atoms with van der Waals surface area (Å²) in [6, 6.07) is 26.6. The van der Waals surface area contributed by atoms with Gasteiger partial charge in [0.2, 0.25) is 5.88 Å². The summed E-state index contributed by atoms with van der Waals surface area (Å²) in [6.07, 6.45) is 1.65. The van der Waals surface area contributed by atoms with Crippen LogP contribution in [0.1, 0.15) is 15.9 Å². The highest BCUT2D eigenvalue weighted by Crippen LogP contribution is 2.22. The number of anilines is 2. The van der Waals surface area contributed by atoms with Crippen molar-refractivity contribution in [1.82, 2.24) is 4.98 Å². The lowest BCUT2D eigenvalue weighted by atomic mass is 10.1. The quantitative estimate of drug-likeness (QED) is 0.370. The van der Waals surface area contributed by atoms with Crippen LogP contribution in [-0.4, -0.2) is 23.4 Å². The minimum Gasteiger partial charge on any atom is -0.484 e. The molecule has 3 aromatic carbocycles. The van der Waals surface area contributed by atoms with E-state index < -0.39 is 0 Å². The van der Waals surface area contributed by atoms with Gasteiger partial charge < -0.3 is 20.1 Å². The van der Waals surface area contributed by atoms with E-state index in [9.17, 15) is 9.59 Å². The molecular weight excluding hydrogens is 430 g/mol. The van der Waals surface area contributed by atoms with Gasteiger partial charge in [-0.2, -0.15) is 0 Å². The molecule has 0 atom stereocenters. The predicted molar refractivity (Wildman–Crippen MR) is 130 cm³/mol. The Morgan fingerprint density at radius 1 is 0.824 bits per heavy atom. The molecule has 0 fully saturated rings. The van der Waals surface area contributed by atoms with E-state index in [0.717, 1.165) is 5.56 Å². The van der Waals surface area contributed by atoms with Crippen molar-refractivity contribution in [3.63, 3.8) is 0 Å². The van der Waals surface area contributed by atoms with Crippen molar-refractivity contribution < 1.29 is 19.1 Å². The molecule has 7 nitrogen and oxygen atoms in total. The third-order valence-electron chi connectivity index (χ3n) is 4.78. The van der Waals surface area contributed by atoms with Gasteiger partial charge in [0, 0.05) is 18.0 Å². The van der Waals surface area contributed by atoms with Crippen LogP contribution in [0.3, 0.4) is 0 Å². The van der Waals surface area contributed by atoms with Gasteiger partial charge in [-0.3, -0.25) is 9.59 Å². The molecule has 170 valence electrons. The van der Waals surface area contributed by atoms with Gasteiger partial charge in [-0.15, -0.1) is 0 Å². The number of aromatic nitrogens is 1. The molecule has 0 saturated carbocycles. The van der Waals surface area contributed by atoms with E-state index in [1.807, 2.05) is 43.3 Å². The summed E-state index contributed by atoms with van der Waals surface area (Å²) in [6.45, 7) is 1.74. The largest absolute Gasteiger partial charge is 0.484 e. The molecule has 0 bridgehead atoms. The Kier molecular flexibility index (Phi) is 7.15. The van der Waals surface area contributed by atoms with Crippen molar-refractivity contribution in [2.45, 2.75) is 6.92 Å². The molecule has 0 saturated heterocycles. The van der Waals surface area contributed by atoms with E-state index in [4.69, 9.17) is 9.47 Å². The number of nitrogens with one attached hydrogen (secondary N) is 2. The van der Waals surface area contributed by atoms with E-state index in [0.29, 0.717) is 34.3 Å². The second kappa shape index (κ2) is 10.8. The van der Waals surface area contributed by atoms with Crippen molar-refractivity contribution in [2.75, 3.05) is 17.2 Å². The van der Waals surface area contributed by atoms with Crippen LogP contribution < -0.4 is 20.1 Å². The molecule has 7 heteroatoms. The van der Waals surface area contributed by atoms with Crippen molar-refractivity contribution in [3.8, 4) is 17.4 Å². The van der Waals surface area contributed by atoms with Crippen LogP contribution in [-0.2, 0) is 4.79 Å². The molecule has 2 amide bonds. The molecule has 0 radical (unpaired) electrons. The van der Waals surface area contributed by atoms with E-state index >= 15 is 0 Å². The lowest BCUT2D eigenvalue weighted by Crippen LogP contribution is -2.22. The lowest BCUT2D eigenvalue weighted by Gasteiger charge is -2.12. The lowest BCUT2D eigenvalue weighted by molar-refractivity contribution is -0.118. The van der Waals surface area contributed by atoms with Gasteiger partial charge in [0.15, 0.2) is 6.61 Å². The smallest absolute Gasteiger partial charge is 0.262 e. The van der Waals surface area contributed by atoms with Crippen LogP contribution in [0.25, 0.3) is 0 Å². The fourth-order valence-corrected chi connectivity index (χ4v) is 3.18. The van der Waals surface area contributed by atoms with Crippen LogP contribution in [0.5, 0.6) is 17.4 Å². The minimum absolute atomic E-state index is 0.214. The second-order valence-corrected chi connectivity index (χ2v) is 7.45. The second-order valence-electron chi connectivity index (χ2n) is 7.45. The van der Waals surface area contributed by atoms with Gasteiger partial charge in [-0.05, 0) is 67.1 Å². The van der Waals surface area contributed by atoms with Gasteiger partial charge in [-0.1, -0.05) is 30.3 Å². The third-order valence-corrected chi connectivity index (χ3v) is 4.78. The van der Waals surface area contributed by atoms with Crippen LogP contribution in [0, 0.1) is 6.92 Å². The number of para-hydroxylation sites is 1. The van der Waals surface area contributed by atoms with Crippen LogP contribution in [0.2, 0.25) is 0 Å². The van der Waals surface area contributed by atoms with Crippen molar-refractivity contribution in [2.24, 2.45) is 0 Å². The Hall–Kier alpha value is -4.65. The summed E-state index contributed by atoms with van der Waals surface area (Å²) in [5.74, 6) is 0.897. The number of benzene rings is 3. The Bertz CT molecular complexity index is 1270. The van der Waals surface area contributed by atoms with E-state index in [1.54, 1.807) is 60.8 Å². The molecular formula is C27H23N3O4. The molecule has 4 rings (SSSR count). The standard InChI is InChI=1S/C27H23N3O4/c1-19-7-6-8-20(17-19)29-27(32)23-9-2-3-10-24(23)30-25(31)18-33-21-12-14-22(15-13-21)34-26-11-4-5-16-28-26/h2-17H,18H2,1H3,(H,29,32)(H,30,31). The molecule has 0 aliphatic rings. The first-order valence-electron chi connectivity index (χ1n) is 10.7. The average Bonchev–Trinajstić information content (AvgIpc) is 2.84. The summed E-state index contributed by atoms with van der Waals surface area (Å²) < 4.78 is 11.2. The molecule has 1 aromatic heterocycles. The fraction of sp³-hybridized carbons (Fsp3) is 0.0741. The highest BCUT2D eigenvalue weighted by Gasteiger charge is 2.14.